The largest absolute Gasteiger partial charge is 0.326 e. The standard InChI is InChI=1S/C13H15NO2/c1-2-11(15)5-3-9-4-6-12-10(7-9)8-13(16)14-12/h4,6-7H,2-3,5,8H2,1H3,(H,14,16). The number of hydrogen-bond acceptors (Lipinski definition) is 2. The molecule has 0 fully saturated rings. The van der Waals surface area contributed by atoms with E-state index in [1.54, 1.807) is 0 Å². The molecule has 1 aliphatic heterocycles. The van der Waals surface area contributed by atoms with E-state index in [0.717, 1.165) is 23.2 Å². The van der Waals surface area contributed by atoms with Gasteiger partial charge in [-0.15, -0.1) is 0 Å². The van der Waals surface area contributed by atoms with Crippen LogP contribution in [0.2, 0.25) is 0 Å². The van der Waals surface area contributed by atoms with Crippen LogP contribution in [0, 0.1) is 0 Å². The van der Waals surface area contributed by atoms with E-state index in [-0.39, 0.29) is 11.7 Å². The molecule has 0 saturated heterocycles. The number of carbonyl (C=O) groups is 2. The molecule has 0 spiro atoms. The number of nitrogens with one attached hydrogen (secondary N) is 1. The lowest BCUT2D eigenvalue weighted by Crippen LogP contribution is -2.03. The van der Waals surface area contributed by atoms with E-state index >= 15 is 0 Å². The fourth-order valence-electron chi connectivity index (χ4n) is 1.90. The van der Waals surface area contributed by atoms with Crippen molar-refractivity contribution in [1.82, 2.24) is 0 Å². The first-order valence-corrected chi connectivity index (χ1v) is 5.62. The molecule has 3 heteroatoms. The van der Waals surface area contributed by atoms with Gasteiger partial charge in [-0.25, -0.2) is 0 Å². The molecule has 0 atom stereocenters. The molecule has 0 saturated carbocycles. The molecule has 0 bridgehead atoms. The van der Waals surface area contributed by atoms with Crippen molar-refractivity contribution in [2.45, 2.75) is 32.6 Å². The highest BCUT2D eigenvalue weighted by Gasteiger charge is 2.17. The second-order valence-electron chi connectivity index (χ2n) is 4.11. The second-order valence-corrected chi connectivity index (χ2v) is 4.11. The number of aryl methyl sites for hydroxylation is 1. The highest BCUT2D eigenvalue weighted by Crippen LogP contribution is 2.24. The maximum absolute atomic E-state index is 11.2. The van der Waals surface area contributed by atoms with E-state index in [1.807, 2.05) is 25.1 Å². The zero-order valence-electron chi connectivity index (χ0n) is 9.38. The van der Waals surface area contributed by atoms with Crippen LogP contribution in [0.15, 0.2) is 18.2 Å². The van der Waals surface area contributed by atoms with Crippen molar-refractivity contribution < 1.29 is 9.59 Å². The molecule has 1 aromatic carbocycles. The number of anilines is 1. The zero-order chi connectivity index (χ0) is 11.5. The maximum atomic E-state index is 11.2. The minimum atomic E-state index is 0.0526. The summed E-state index contributed by atoms with van der Waals surface area (Å²) in [5, 5.41) is 2.79. The molecule has 1 aromatic rings. The monoisotopic (exact) mass is 217 g/mol. The molecule has 0 aromatic heterocycles. The molecule has 1 heterocycles. The van der Waals surface area contributed by atoms with Crippen LogP contribution < -0.4 is 5.32 Å². The number of carbonyl (C=O) groups excluding carboxylic acids is 2. The summed E-state index contributed by atoms with van der Waals surface area (Å²) in [5.41, 5.74) is 3.10. The molecule has 0 aliphatic carbocycles. The predicted octanol–water partition coefficient (Wildman–Crippen LogP) is 2.09. The third-order valence-corrected chi connectivity index (χ3v) is 2.88. The summed E-state index contributed by atoms with van der Waals surface area (Å²) in [6.45, 7) is 1.88. The topological polar surface area (TPSA) is 46.2 Å². The number of rotatable bonds is 4. The molecule has 0 radical (unpaired) electrons. The van der Waals surface area contributed by atoms with Crippen LogP contribution in [0.25, 0.3) is 0 Å². The Morgan fingerprint density at radius 2 is 2.25 bits per heavy atom. The van der Waals surface area contributed by atoms with Crippen LogP contribution in [0.1, 0.15) is 30.9 Å². The summed E-state index contributed by atoms with van der Waals surface area (Å²) in [4.78, 5) is 22.4. The number of ketones is 1. The van der Waals surface area contributed by atoms with Crippen molar-refractivity contribution in [2.24, 2.45) is 0 Å². The fourth-order valence-corrected chi connectivity index (χ4v) is 1.90. The minimum absolute atomic E-state index is 0.0526. The van der Waals surface area contributed by atoms with Crippen molar-refractivity contribution in [3.8, 4) is 0 Å². The molecular weight excluding hydrogens is 202 g/mol. The van der Waals surface area contributed by atoms with Crippen LogP contribution in [-0.2, 0) is 22.4 Å². The van der Waals surface area contributed by atoms with Gasteiger partial charge in [0.25, 0.3) is 0 Å². The van der Waals surface area contributed by atoms with E-state index in [1.165, 1.54) is 0 Å². The Morgan fingerprint density at radius 3 is 3.00 bits per heavy atom. The van der Waals surface area contributed by atoms with Gasteiger partial charge >= 0.3 is 0 Å². The third kappa shape index (κ3) is 2.30. The fraction of sp³-hybridized carbons (Fsp3) is 0.385. The molecule has 16 heavy (non-hydrogen) atoms. The normalized spacial score (nSPS) is 13.4. The Balaban J connectivity index is 2.05. The van der Waals surface area contributed by atoms with Gasteiger partial charge in [0.2, 0.25) is 5.91 Å². The lowest BCUT2D eigenvalue weighted by atomic mass is 10.0. The molecule has 0 unspecified atom stereocenters. The van der Waals surface area contributed by atoms with Gasteiger partial charge in [0.1, 0.15) is 5.78 Å². The average molecular weight is 217 g/mol. The number of fused-ring (bicyclic) bond motifs is 1. The van der Waals surface area contributed by atoms with Crippen molar-refractivity contribution in [3.05, 3.63) is 29.3 Å². The Hall–Kier alpha value is -1.64. The molecular formula is C13H15NO2. The van der Waals surface area contributed by atoms with Gasteiger partial charge in [0.15, 0.2) is 0 Å². The molecule has 1 aliphatic rings. The van der Waals surface area contributed by atoms with Crippen molar-refractivity contribution >= 4 is 17.4 Å². The van der Waals surface area contributed by atoms with E-state index < -0.39 is 0 Å². The van der Waals surface area contributed by atoms with Crippen LogP contribution in [-0.4, -0.2) is 11.7 Å². The van der Waals surface area contributed by atoms with Crippen LogP contribution >= 0.6 is 0 Å². The maximum Gasteiger partial charge on any atom is 0.228 e. The Kier molecular flexibility index (Phi) is 3.04. The summed E-state index contributed by atoms with van der Waals surface area (Å²) in [6, 6.07) is 5.93. The number of Topliss-reactive ketones (excluding diaryl/α,β-unsaturated/α-hetero) is 1. The lowest BCUT2D eigenvalue weighted by molar-refractivity contribution is -0.118. The van der Waals surface area contributed by atoms with Gasteiger partial charge in [0, 0.05) is 18.5 Å². The smallest absolute Gasteiger partial charge is 0.228 e. The summed E-state index contributed by atoms with van der Waals surface area (Å²) in [6.07, 6.45) is 2.43. The molecule has 3 nitrogen and oxygen atoms in total. The van der Waals surface area contributed by atoms with Gasteiger partial charge in [-0.3, -0.25) is 9.59 Å². The van der Waals surface area contributed by atoms with E-state index in [9.17, 15) is 9.59 Å². The highest BCUT2D eigenvalue weighted by atomic mass is 16.1. The first-order chi connectivity index (χ1) is 7.69. The van der Waals surface area contributed by atoms with E-state index in [0.29, 0.717) is 19.3 Å². The van der Waals surface area contributed by atoms with Gasteiger partial charge in [-0.2, -0.15) is 0 Å². The number of benzene rings is 1. The first-order valence-electron chi connectivity index (χ1n) is 5.62. The van der Waals surface area contributed by atoms with Crippen LogP contribution in [0.5, 0.6) is 0 Å². The first kappa shape index (κ1) is 10.9. The summed E-state index contributed by atoms with van der Waals surface area (Å²) in [5.74, 6) is 0.339. The van der Waals surface area contributed by atoms with Gasteiger partial charge < -0.3 is 5.32 Å². The summed E-state index contributed by atoms with van der Waals surface area (Å²) >= 11 is 0. The zero-order valence-corrected chi connectivity index (χ0v) is 9.38. The van der Waals surface area contributed by atoms with Crippen molar-refractivity contribution in [2.75, 3.05) is 5.32 Å². The SMILES string of the molecule is CCC(=O)CCc1ccc2c(c1)CC(=O)N2. The quantitative estimate of drug-likeness (QED) is 0.839. The van der Waals surface area contributed by atoms with Crippen LogP contribution in [0.3, 0.4) is 0 Å². The average Bonchev–Trinajstić information content (AvgIpc) is 2.65. The second kappa shape index (κ2) is 4.47. The van der Waals surface area contributed by atoms with E-state index in [2.05, 4.69) is 5.32 Å². The Labute approximate surface area is 94.9 Å². The molecule has 84 valence electrons. The molecule has 1 amide bonds. The Bertz CT molecular complexity index is 438. The third-order valence-electron chi connectivity index (χ3n) is 2.88. The van der Waals surface area contributed by atoms with Crippen molar-refractivity contribution in [3.63, 3.8) is 0 Å². The molecule has 1 N–H and O–H groups in total. The van der Waals surface area contributed by atoms with Crippen LogP contribution in [0.4, 0.5) is 5.69 Å². The van der Waals surface area contributed by atoms with Gasteiger partial charge in [-0.1, -0.05) is 19.1 Å². The summed E-state index contributed by atoms with van der Waals surface area (Å²) in [7, 11) is 0. The minimum Gasteiger partial charge on any atom is -0.326 e. The molecule has 2 rings (SSSR count). The van der Waals surface area contributed by atoms with Crippen molar-refractivity contribution in [1.29, 1.82) is 0 Å². The Morgan fingerprint density at radius 1 is 1.44 bits per heavy atom. The predicted molar refractivity (Wildman–Crippen MR) is 62.4 cm³/mol. The lowest BCUT2D eigenvalue weighted by Gasteiger charge is -2.03. The summed E-state index contributed by atoms with van der Waals surface area (Å²) < 4.78 is 0. The highest BCUT2D eigenvalue weighted by molar-refractivity contribution is 5.99. The number of hydrogen-bond donors (Lipinski definition) is 1. The van der Waals surface area contributed by atoms with Gasteiger partial charge in [0.05, 0.1) is 6.42 Å². The van der Waals surface area contributed by atoms with E-state index in [4.69, 9.17) is 0 Å². The number of amides is 1. The van der Waals surface area contributed by atoms with Gasteiger partial charge in [-0.05, 0) is 23.6 Å².